The summed E-state index contributed by atoms with van der Waals surface area (Å²) in [6.07, 6.45) is 12.3. The molecule has 3 aliphatic carbocycles. The third-order valence-corrected chi connectivity index (χ3v) is 5.97. The molecular weight excluding hydrogens is 433 g/mol. The molecule has 184 valence electrons. The van der Waals surface area contributed by atoms with Crippen LogP contribution in [0.15, 0.2) is 36.4 Å². The highest BCUT2D eigenvalue weighted by Gasteiger charge is 2.31. The smallest absolute Gasteiger partial charge is 0.123 e. The second kappa shape index (κ2) is 13.7. The standard InChI is InChI=1S/C20H19FN2O2.C5H10.CH5N.CH2O/c21-9-10-25-16-7-8-17-18(12-22)20(13-1-5-15(24)6-2-13)23(14-3-4-14)19(17)11-16;1-2-5-3-4-5;2*1-2/h1-2,5,7-8,11,14-15,24H,3-4,6,9-10H2;5H,2-4H2,1H3;2H2,1H3;1H2. The highest BCUT2D eigenvalue weighted by atomic mass is 19.1. The highest BCUT2D eigenvalue weighted by molar-refractivity contribution is 5.95. The molecule has 3 aliphatic rings. The average molecular weight is 470 g/mol. The van der Waals surface area contributed by atoms with Crippen LogP contribution in [0, 0.1) is 17.2 Å². The lowest BCUT2D eigenvalue weighted by molar-refractivity contribution is -0.0980. The third kappa shape index (κ3) is 6.78. The lowest BCUT2D eigenvalue weighted by Crippen LogP contribution is -2.07. The summed E-state index contributed by atoms with van der Waals surface area (Å²) >= 11 is 0. The number of aliphatic hydroxyl groups excluding tert-OH is 1. The molecule has 34 heavy (non-hydrogen) atoms. The number of aromatic nitrogens is 1. The minimum absolute atomic E-state index is 0.0272. The van der Waals surface area contributed by atoms with E-state index in [1.165, 1.54) is 26.3 Å². The Morgan fingerprint density at radius 3 is 2.44 bits per heavy atom. The van der Waals surface area contributed by atoms with Crippen LogP contribution in [0.3, 0.4) is 0 Å². The Balaban J connectivity index is 0.000000390. The van der Waals surface area contributed by atoms with Crippen LogP contribution in [0.25, 0.3) is 16.5 Å². The number of fused-ring (bicyclic) bond motifs is 1. The van der Waals surface area contributed by atoms with Crippen LogP contribution in [0.1, 0.15) is 62.7 Å². The largest absolute Gasteiger partial charge is 0.491 e. The molecule has 2 fully saturated rings. The third-order valence-electron chi connectivity index (χ3n) is 5.97. The predicted molar refractivity (Wildman–Crippen MR) is 134 cm³/mol. The number of hydrogen-bond acceptors (Lipinski definition) is 5. The number of allylic oxidation sites excluding steroid dienone is 2. The zero-order chi connectivity index (χ0) is 25.1. The lowest BCUT2D eigenvalue weighted by Gasteiger charge is -2.15. The number of ether oxygens (including phenoxy) is 1. The van der Waals surface area contributed by atoms with E-state index in [2.05, 4.69) is 23.3 Å². The van der Waals surface area contributed by atoms with Crippen molar-refractivity contribution >= 4 is 23.3 Å². The molecule has 3 N–H and O–H groups in total. The van der Waals surface area contributed by atoms with Gasteiger partial charge in [0.15, 0.2) is 0 Å². The normalized spacial score (nSPS) is 18.2. The number of carbonyl (C=O) groups excluding carboxylic acids is 1. The van der Waals surface area contributed by atoms with Crippen molar-refractivity contribution in [2.75, 3.05) is 20.3 Å². The molecule has 0 aliphatic heterocycles. The summed E-state index contributed by atoms with van der Waals surface area (Å²) in [7, 11) is 1.50. The zero-order valence-corrected chi connectivity index (χ0v) is 20.2. The molecule has 2 aromatic rings. The molecule has 6 nitrogen and oxygen atoms in total. The quantitative estimate of drug-likeness (QED) is 0.613. The predicted octanol–water partition coefficient (Wildman–Crippen LogP) is 5.10. The number of halogens is 1. The van der Waals surface area contributed by atoms with Crippen molar-refractivity contribution in [1.82, 2.24) is 4.57 Å². The van der Waals surface area contributed by atoms with Gasteiger partial charge >= 0.3 is 0 Å². The van der Waals surface area contributed by atoms with E-state index < -0.39 is 12.8 Å². The van der Waals surface area contributed by atoms with Crippen molar-refractivity contribution < 1.29 is 19.0 Å². The summed E-state index contributed by atoms with van der Waals surface area (Å²) in [6.45, 7) is 3.76. The molecule has 1 aromatic carbocycles. The number of nitrogens with zero attached hydrogens (tertiary/aromatic N) is 2. The highest BCUT2D eigenvalue weighted by Crippen LogP contribution is 2.44. The number of alkyl halides is 1. The second-order valence-corrected chi connectivity index (χ2v) is 8.33. The summed E-state index contributed by atoms with van der Waals surface area (Å²) < 4.78 is 20.0. The van der Waals surface area contributed by atoms with Crippen molar-refractivity contribution in [3.05, 3.63) is 47.7 Å². The van der Waals surface area contributed by atoms with Gasteiger partial charge in [-0.3, -0.25) is 0 Å². The average Bonchev–Trinajstić information content (AvgIpc) is 3.83. The Labute approximate surface area is 201 Å². The first-order chi connectivity index (χ1) is 16.7. The minimum atomic E-state index is -0.531. The fourth-order valence-corrected chi connectivity index (χ4v) is 3.96. The summed E-state index contributed by atoms with van der Waals surface area (Å²) in [5.74, 6) is 1.75. The van der Waals surface area contributed by atoms with E-state index in [9.17, 15) is 14.8 Å². The van der Waals surface area contributed by atoms with E-state index in [0.29, 0.717) is 23.8 Å². The summed E-state index contributed by atoms with van der Waals surface area (Å²) in [5.41, 5.74) is 7.97. The van der Waals surface area contributed by atoms with Crippen molar-refractivity contribution in [3.63, 3.8) is 0 Å². The van der Waals surface area contributed by atoms with Gasteiger partial charge in [0, 0.05) is 17.5 Å². The van der Waals surface area contributed by atoms with Gasteiger partial charge in [0.1, 0.15) is 31.9 Å². The van der Waals surface area contributed by atoms with E-state index in [1.54, 1.807) is 12.1 Å². The van der Waals surface area contributed by atoms with Gasteiger partial charge in [-0.25, -0.2) is 4.39 Å². The molecule has 5 rings (SSSR count). The van der Waals surface area contributed by atoms with E-state index >= 15 is 0 Å². The zero-order valence-electron chi connectivity index (χ0n) is 20.2. The molecular formula is C27H36FN3O3. The SMILES string of the molecule is C=O.CCC1CC1.CN.N#Cc1c(C2=CCC(O)C=C2)n(C2CC2)c2cc(OCCF)ccc12. The molecule has 0 spiro atoms. The van der Waals surface area contributed by atoms with E-state index in [1.807, 2.05) is 31.1 Å². The fraction of sp³-hybridized carbons (Fsp3) is 0.481. The summed E-state index contributed by atoms with van der Waals surface area (Å²) in [4.78, 5) is 8.00. The van der Waals surface area contributed by atoms with Gasteiger partial charge in [0.05, 0.1) is 22.9 Å². The topological polar surface area (TPSA) is 101 Å². The maximum atomic E-state index is 12.4. The van der Waals surface area contributed by atoms with Gasteiger partial charge in [0.25, 0.3) is 0 Å². The maximum absolute atomic E-state index is 12.4. The molecule has 1 aromatic heterocycles. The van der Waals surface area contributed by atoms with Gasteiger partial charge in [-0.1, -0.05) is 44.4 Å². The number of aliphatic hydroxyl groups is 1. The Hall–Kier alpha value is -2.95. The van der Waals surface area contributed by atoms with Crippen LogP contribution >= 0.6 is 0 Å². The molecule has 0 bridgehead atoms. The van der Waals surface area contributed by atoms with Crippen LogP contribution in [-0.2, 0) is 4.79 Å². The summed E-state index contributed by atoms with van der Waals surface area (Å²) in [6, 6.07) is 8.29. The molecule has 7 heteroatoms. The Bertz CT molecular complexity index is 1030. The Morgan fingerprint density at radius 1 is 1.26 bits per heavy atom. The first-order valence-corrected chi connectivity index (χ1v) is 11.9. The molecule has 0 saturated heterocycles. The molecule has 0 amide bonds. The van der Waals surface area contributed by atoms with Crippen LogP contribution in [0.5, 0.6) is 5.75 Å². The van der Waals surface area contributed by atoms with Gasteiger partial charge in [-0.05, 0) is 49.9 Å². The van der Waals surface area contributed by atoms with Gasteiger partial charge in [0.2, 0.25) is 0 Å². The lowest BCUT2D eigenvalue weighted by atomic mass is 9.99. The first kappa shape index (κ1) is 27.3. The first-order valence-electron chi connectivity index (χ1n) is 11.9. The van der Waals surface area contributed by atoms with Crippen molar-refractivity contribution in [1.29, 1.82) is 5.26 Å². The van der Waals surface area contributed by atoms with Gasteiger partial charge < -0.3 is 24.9 Å². The van der Waals surface area contributed by atoms with Crippen molar-refractivity contribution in [2.24, 2.45) is 11.7 Å². The van der Waals surface area contributed by atoms with E-state index in [-0.39, 0.29) is 6.61 Å². The summed E-state index contributed by atoms with van der Waals surface area (Å²) in [5, 5.41) is 20.4. The Morgan fingerprint density at radius 2 is 1.97 bits per heavy atom. The monoisotopic (exact) mass is 469 g/mol. The van der Waals surface area contributed by atoms with Gasteiger partial charge in [-0.2, -0.15) is 5.26 Å². The van der Waals surface area contributed by atoms with Crippen molar-refractivity contribution in [2.45, 2.75) is 57.6 Å². The van der Waals surface area contributed by atoms with E-state index in [0.717, 1.165) is 40.9 Å². The molecule has 1 atom stereocenters. The number of rotatable bonds is 6. The maximum Gasteiger partial charge on any atom is 0.123 e. The Kier molecular flexibility index (Phi) is 11.0. The number of benzene rings is 1. The molecule has 1 heterocycles. The fourth-order valence-electron chi connectivity index (χ4n) is 3.96. The van der Waals surface area contributed by atoms with Crippen LogP contribution < -0.4 is 10.5 Å². The number of nitriles is 1. The van der Waals surface area contributed by atoms with Crippen LogP contribution in [0.2, 0.25) is 0 Å². The number of carbonyl (C=O) groups is 1. The second-order valence-electron chi connectivity index (χ2n) is 8.33. The number of hydrogen-bond donors (Lipinski definition) is 2. The number of nitrogens with two attached hydrogens (primary N) is 1. The minimum Gasteiger partial charge on any atom is -0.491 e. The molecule has 0 radical (unpaired) electrons. The van der Waals surface area contributed by atoms with Crippen molar-refractivity contribution in [3.8, 4) is 11.8 Å². The van der Waals surface area contributed by atoms with Gasteiger partial charge in [-0.15, -0.1) is 0 Å². The molecule has 1 unspecified atom stereocenters. The van der Waals surface area contributed by atoms with Crippen LogP contribution in [0.4, 0.5) is 4.39 Å². The van der Waals surface area contributed by atoms with Crippen LogP contribution in [-0.4, -0.2) is 42.9 Å². The van der Waals surface area contributed by atoms with E-state index in [4.69, 9.17) is 9.53 Å². The molecule has 2 saturated carbocycles.